The first kappa shape index (κ1) is 15.8. The molecule has 110 valence electrons. The molecule has 0 saturated heterocycles. The molecule has 1 aromatic rings. The zero-order valence-electron chi connectivity index (χ0n) is 11.7. The van der Waals surface area contributed by atoms with E-state index in [9.17, 15) is 9.59 Å². The van der Waals surface area contributed by atoms with Crippen molar-refractivity contribution in [1.82, 2.24) is 0 Å². The van der Waals surface area contributed by atoms with E-state index in [1.165, 1.54) is 7.11 Å². The number of rotatable bonds is 2. The van der Waals surface area contributed by atoms with Crippen LogP contribution in [0.15, 0.2) is 35.4 Å². The molecule has 21 heavy (non-hydrogen) atoms. The average Bonchev–Trinajstić information content (AvgIpc) is 2.48. The maximum absolute atomic E-state index is 12.1. The Labute approximate surface area is 133 Å². The second-order valence-electron chi connectivity index (χ2n) is 5.00. The van der Waals surface area contributed by atoms with Crippen molar-refractivity contribution in [2.45, 2.75) is 19.3 Å². The molecule has 0 aliphatic heterocycles. The Morgan fingerprint density at radius 2 is 2.10 bits per heavy atom. The Bertz CT molecular complexity index is 657. The summed E-state index contributed by atoms with van der Waals surface area (Å²) in [6.07, 6.45) is 2.29. The van der Waals surface area contributed by atoms with Crippen LogP contribution in [0.1, 0.15) is 24.8 Å². The van der Waals surface area contributed by atoms with E-state index < -0.39 is 11.9 Å². The Kier molecular flexibility index (Phi) is 4.89. The summed E-state index contributed by atoms with van der Waals surface area (Å²) in [7, 11) is 1.30. The van der Waals surface area contributed by atoms with Gasteiger partial charge in [0.05, 0.1) is 28.6 Å². The molecule has 1 aromatic carbocycles. The maximum Gasteiger partial charge on any atom is 0.314 e. The first-order valence-electron chi connectivity index (χ1n) is 6.43. The van der Waals surface area contributed by atoms with Crippen LogP contribution < -0.4 is 0 Å². The summed E-state index contributed by atoms with van der Waals surface area (Å²) >= 11 is 12.3. The van der Waals surface area contributed by atoms with Crippen LogP contribution in [-0.4, -0.2) is 19.0 Å². The predicted molar refractivity (Wildman–Crippen MR) is 82.3 cm³/mol. The van der Waals surface area contributed by atoms with Gasteiger partial charge in [-0.05, 0) is 31.1 Å². The number of esters is 1. The summed E-state index contributed by atoms with van der Waals surface area (Å²) in [5, 5.41) is 0.819. The fourth-order valence-electron chi connectivity index (χ4n) is 2.70. The number of hydrogen-bond donors (Lipinski definition) is 0. The third-order valence-electron chi connectivity index (χ3n) is 3.64. The number of benzene rings is 1. The zero-order chi connectivity index (χ0) is 15.6. The first-order chi connectivity index (χ1) is 9.99. The second-order valence-corrected chi connectivity index (χ2v) is 5.79. The molecule has 0 radical (unpaired) electrons. The van der Waals surface area contributed by atoms with Crippen molar-refractivity contribution in [2.75, 3.05) is 7.11 Å². The van der Waals surface area contributed by atoms with Gasteiger partial charge in [-0.3, -0.25) is 4.79 Å². The Balaban J connectivity index is 2.59. The quantitative estimate of drug-likeness (QED) is 0.610. The number of methoxy groups -OCH3 is 1. The highest BCUT2D eigenvalue weighted by molar-refractivity contribution is 6.42. The van der Waals surface area contributed by atoms with Crippen molar-refractivity contribution >= 4 is 35.1 Å². The smallest absolute Gasteiger partial charge is 0.314 e. The van der Waals surface area contributed by atoms with Crippen molar-refractivity contribution in [2.24, 2.45) is 5.92 Å². The zero-order valence-corrected chi connectivity index (χ0v) is 13.2. The third-order valence-corrected chi connectivity index (χ3v) is 4.47. The maximum atomic E-state index is 12.1. The van der Waals surface area contributed by atoms with Gasteiger partial charge in [0.1, 0.15) is 5.94 Å². The monoisotopic (exact) mass is 324 g/mol. The van der Waals surface area contributed by atoms with Crippen molar-refractivity contribution in [3.63, 3.8) is 0 Å². The summed E-state index contributed by atoms with van der Waals surface area (Å²) in [6, 6.07) is 5.27. The standard InChI is InChI=1S/C16H14Cl2O3/c1-9-6-10(8-19)14(16(20)21-2)12(7-9)11-4-3-5-13(17)15(11)18/h3-6,12,14H,7H2,1-2H3/t12-,14+/m0/s1. The summed E-state index contributed by atoms with van der Waals surface area (Å²) < 4.78 is 4.83. The topological polar surface area (TPSA) is 43.4 Å². The molecule has 5 heteroatoms. The lowest BCUT2D eigenvalue weighted by Crippen LogP contribution is -2.28. The largest absolute Gasteiger partial charge is 0.469 e. The number of carbonyl (C=O) groups is 1. The van der Waals surface area contributed by atoms with Gasteiger partial charge in [0.25, 0.3) is 0 Å². The van der Waals surface area contributed by atoms with Gasteiger partial charge in [-0.25, -0.2) is 4.79 Å². The average molecular weight is 325 g/mol. The molecular weight excluding hydrogens is 311 g/mol. The number of hydrogen-bond acceptors (Lipinski definition) is 3. The molecule has 0 amide bonds. The highest BCUT2D eigenvalue weighted by atomic mass is 35.5. The van der Waals surface area contributed by atoms with Crippen LogP contribution in [0, 0.1) is 5.92 Å². The molecule has 1 aliphatic carbocycles. The number of ether oxygens (including phenoxy) is 1. The normalized spacial score (nSPS) is 21.5. The molecule has 0 spiro atoms. The molecule has 0 aromatic heterocycles. The van der Waals surface area contributed by atoms with E-state index in [1.807, 2.05) is 18.9 Å². The Morgan fingerprint density at radius 1 is 1.38 bits per heavy atom. The lowest BCUT2D eigenvalue weighted by atomic mass is 9.74. The van der Waals surface area contributed by atoms with Gasteiger partial charge in [0, 0.05) is 5.92 Å². The fourth-order valence-corrected chi connectivity index (χ4v) is 3.15. The summed E-state index contributed by atoms with van der Waals surface area (Å²) in [5.74, 6) is 0.370. The van der Waals surface area contributed by atoms with Crippen molar-refractivity contribution in [1.29, 1.82) is 0 Å². The predicted octanol–water partition coefficient (Wildman–Crippen LogP) is 3.97. The highest BCUT2D eigenvalue weighted by Gasteiger charge is 2.37. The van der Waals surface area contributed by atoms with E-state index in [-0.39, 0.29) is 11.5 Å². The molecule has 0 N–H and O–H groups in total. The van der Waals surface area contributed by atoms with Gasteiger partial charge in [0.2, 0.25) is 0 Å². The molecule has 0 fully saturated rings. The Hall–Kier alpha value is -1.54. The van der Waals surface area contributed by atoms with Gasteiger partial charge < -0.3 is 4.74 Å². The molecule has 0 unspecified atom stereocenters. The minimum absolute atomic E-state index is 0.284. The van der Waals surface area contributed by atoms with E-state index in [0.717, 1.165) is 11.1 Å². The van der Waals surface area contributed by atoms with Crippen molar-refractivity contribution in [3.8, 4) is 0 Å². The van der Waals surface area contributed by atoms with Gasteiger partial charge in [-0.2, -0.15) is 0 Å². The molecule has 0 heterocycles. The minimum Gasteiger partial charge on any atom is -0.469 e. The lowest BCUT2D eigenvalue weighted by Gasteiger charge is -2.30. The van der Waals surface area contributed by atoms with E-state index in [0.29, 0.717) is 16.5 Å². The van der Waals surface area contributed by atoms with Crippen LogP contribution in [0.4, 0.5) is 0 Å². The fraction of sp³-hybridized carbons (Fsp3) is 0.312. The lowest BCUT2D eigenvalue weighted by molar-refractivity contribution is -0.144. The summed E-state index contributed by atoms with van der Waals surface area (Å²) in [6.45, 7) is 1.90. The van der Waals surface area contributed by atoms with Crippen molar-refractivity contribution < 1.29 is 14.3 Å². The summed E-state index contributed by atoms with van der Waals surface area (Å²) in [5.41, 5.74) is 2.00. The second kappa shape index (κ2) is 6.48. The highest BCUT2D eigenvalue weighted by Crippen LogP contribution is 2.44. The van der Waals surface area contributed by atoms with E-state index in [1.54, 1.807) is 18.2 Å². The molecule has 2 rings (SSSR count). The molecule has 0 saturated carbocycles. The number of allylic oxidation sites excluding steroid dienone is 2. The van der Waals surface area contributed by atoms with E-state index in [4.69, 9.17) is 27.9 Å². The molecule has 0 bridgehead atoms. The van der Waals surface area contributed by atoms with Gasteiger partial charge in [-0.15, -0.1) is 0 Å². The van der Waals surface area contributed by atoms with Gasteiger partial charge >= 0.3 is 5.97 Å². The van der Waals surface area contributed by atoms with E-state index in [2.05, 4.69) is 0 Å². The van der Waals surface area contributed by atoms with Crippen molar-refractivity contribution in [3.05, 3.63) is 51.0 Å². The van der Waals surface area contributed by atoms with E-state index >= 15 is 0 Å². The molecule has 3 nitrogen and oxygen atoms in total. The third kappa shape index (κ3) is 3.06. The first-order valence-corrected chi connectivity index (χ1v) is 7.19. The van der Waals surface area contributed by atoms with Gasteiger partial charge in [0.15, 0.2) is 0 Å². The molecule has 2 atom stereocenters. The van der Waals surface area contributed by atoms with Crippen LogP contribution in [0.25, 0.3) is 0 Å². The summed E-state index contributed by atoms with van der Waals surface area (Å²) in [4.78, 5) is 23.3. The van der Waals surface area contributed by atoms with Crippen LogP contribution in [-0.2, 0) is 14.3 Å². The number of carbonyl (C=O) groups excluding carboxylic acids is 2. The Morgan fingerprint density at radius 3 is 2.71 bits per heavy atom. The van der Waals surface area contributed by atoms with Crippen LogP contribution >= 0.6 is 23.2 Å². The minimum atomic E-state index is -0.716. The van der Waals surface area contributed by atoms with Crippen LogP contribution in [0.2, 0.25) is 10.0 Å². The SMILES string of the molecule is COC(=O)[C@@H]1C(=C=O)C=C(C)C[C@H]1c1cccc(Cl)c1Cl. The molecule has 1 aliphatic rings. The van der Waals surface area contributed by atoms with Crippen LogP contribution in [0.5, 0.6) is 0 Å². The van der Waals surface area contributed by atoms with Gasteiger partial charge in [-0.1, -0.05) is 40.9 Å². The number of halogens is 2. The van der Waals surface area contributed by atoms with Crippen LogP contribution in [0.3, 0.4) is 0 Å². The molecular formula is C16H14Cl2O3.